The molecular weight excluding hydrogens is 370 g/mol. The van der Waals surface area contributed by atoms with E-state index in [1.165, 1.54) is 6.07 Å². The second kappa shape index (κ2) is 9.08. The van der Waals surface area contributed by atoms with Crippen molar-refractivity contribution in [2.75, 3.05) is 26.2 Å². The summed E-state index contributed by atoms with van der Waals surface area (Å²) in [5.41, 5.74) is 0.0855. The van der Waals surface area contributed by atoms with Crippen LogP contribution in [0.3, 0.4) is 0 Å². The molecule has 1 saturated heterocycles. The van der Waals surface area contributed by atoms with Crippen molar-refractivity contribution in [3.63, 3.8) is 0 Å². The van der Waals surface area contributed by atoms with Crippen molar-refractivity contribution < 1.29 is 24.5 Å². The van der Waals surface area contributed by atoms with Gasteiger partial charge in [0.2, 0.25) is 0 Å². The molecule has 0 radical (unpaired) electrons. The van der Waals surface area contributed by atoms with Crippen LogP contribution in [0.15, 0.2) is 48.5 Å². The van der Waals surface area contributed by atoms with E-state index in [1.807, 2.05) is 12.1 Å². The van der Waals surface area contributed by atoms with E-state index < -0.39 is 12.1 Å². The normalized spacial score (nSPS) is 18.2. The van der Waals surface area contributed by atoms with Crippen LogP contribution in [-0.2, 0) is 0 Å². The fraction of sp³-hybridized carbons (Fsp3) is 0.350. The van der Waals surface area contributed by atoms with Crippen molar-refractivity contribution in [3.8, 4) is 11.5 Å². The van der Waals surface area contributed by atoms with E-state index in [9.17, 15) is 9.90 Å². The largest absolute Gasteiger partial charge is 0.490 e. The zero-order valence-electron chi connectivity index (χ0n) is 14.8. The Balaban J connectivity index is 1.44. The van der Waals surface area contributed by atoms with Crippen LogP contribution in [0, 0.1) is 0 Å². The maximum atomic E-state index is 11.2. The highest BCUT2D eigenvalue weighted by molar-refractivity contribution is 6.30. The minimum absolute atomic E-state index is 0.0313. The lowest BCUT2D eigenvalue weighted by molar-refractivity contribution is 0.0646. The number of hydrogen-bond acceptors (Lipinski definition) is 5. The standard InChI is InChI=1S/C20H22ClNO5/c21-14-5-7-16(8-6-14)27-17-9-10-22(12-17)11-15(23)13-26-19-4-2-1-3-18(19)20(24)25/h1-8,15,17,23H,9-13H2,(H,24,25). The van der Waals surface area contributed by atoms with E-state index in [0.29, 0.717) is 18.1 Å². The number of para-hydroxylation sites is 1. The van der Waals surface area contributed by atoms with Crippen molar-refractivity contribution >= 4 is 17.6 Å². The first kappa shape index (κ1) is 19.5. The van der Waals surface area contributed by atoms with E-state index >= 15 is 0 Å². The maximum Gasteiger partial charge on any atom is 0.339 e. The summed E-state index contributed by atoms with van der Waals surface area (Å²) in [5, 5.41) is 20.1. The van der Waals surface area contributed by atoms with Gasteiger partial charge < -0.3 is 19.7 Å². The molecule has 0 amide bonds. The number of ether oxygens (including phenoxy) is 2. The molecule has 7 heteroatoms. The van der Waals surface area contributed by atoms with Crippen LogP contribution < -0.4 is 9.47 Å². The third-order valence-electron chi connectivity index (χ3n) is 4.36. The van der Waals surface area contributed by atoms with Crippen LogP contribution in [0.5, 0.6) is 11.5 Å². The number of carbonyl (C=O) groups is 1. The Morgan fingerprint density at radius 1 is 1.22 bits per heavy atom. The highest BCUT2D eigenvalue weighted by Crippen LogP contribution is 2.21. The van der Waals surface area contributed by atoms with Crippen LogP contribution in [-0.4, -0.2) is 59.5 Å². The number of aliphatic hydroxyl groups excluding tert-OH is 1. The molecule has 1 heterocycles. The Morgan fingerprint density at radius 3 is 2.70 bits per heavy atom. The van der Waals surface area contributed by atoms with Crippen molar-refractivity contribution in [2.24, 2.45) is 0 Å². The first-order valence-corrected chi connectivity index (χ1v) is 9.17. The molecule has 2 unspecified atom stereocenters. The van der Waals surface area contributed by atoms with E-state index in [1.54, 1.807) is 30.3 Å². The molecule has 2 atom stereocenters. The molecular formula is C20H22ClNO5. The predicted molar refractivity (Wildman–Crippen MR) is 102 cm³/mol. The van der Waals surface area contributed by atoms with Gasteiger partial charge in [0.1, 0.15) is 35.9 Å². The monoisotopic (exact) mass is 391 g/mol. The first-order valence-electron chi connectivity index (χ1n) is 8.79. The number of likely N-dealkylation sites (tertiary alicyclic amines) is 1. The molecule has 2 aromatic carbocycles. The molecule has 0 aromatic heterocycles. The Bertz CT molecular complexity index is 767. The summed E-state index contributed by atoms with van der Waals surface area (Å²) in [6.45, 7) is 2.01. The number of nitrogens with zero attached hydrogens (tertiary/aromatic N) is 1. The molecule has 2 aromatic rings. The second-order valence-electron chi connectivity index (χ2n) is 6.51. The summed E-state index contributed by atoms with van der Waals surface area (Å²) >= 11 is 5.87. The van der Waals surface area contributed by atoms with Crippen LogP contribution >= 0.6 is 11.6 Å². The predicted octanol–water partition coefficient (Wildman–Crippen LogP) is 2.93. The Kier molecular flexibility index (Phi) is 6.55. The number of halogens is 1. The highest BCUT2D eigenvalue weighted by Gasteiger charge is 2.26. The molecule has 1 aliphatic rings. The number of benzene rings is 2. The van der Waals surface area contributed by atoms with Gasteiger partial charge in [0.25, 0.3) is 0 Å². The Labute approximate surface area is 162 Å². The number of hydrogen-bond donors (Lipinski definition) is 2. The average molecular weight is 392 g/mol. The summed E-state index contributed by atoms with van der Waals surface area (Å²) in [6.07, 6.45) is 0.214. The fourth-order valence-electron chi connectivity index (χ4n) is 3.07. The number of aromatic carboxylic acids is 1. The van der Waals surface area contributed by atoms with Gasteiger partial charge in [0.15, 0.2) is 0 Å². The van der Waals surface area contributed by atoms with Crippen LogP contribution in [0.4, 0.5) is 0 Å². The fourth-order valence-corrected chi connectivity index (χ4v) is 3.20. The van der Waals surface area contributed by atoms with Gasteiger partial charge >= 0.3 is 5.97 Å². The summed E-state index contributed by atoms with van der Waals surface area (Å²) in [4.78, 5) is 13.3. The van der Waals surface area contributed by atoms with Crippen LogP contribution in [0.1, 0.15) is 16.8 Å². The van der Waals surface area contributed by atoms with Gasteiger partial charge in [0, 0.05) is 24.7 Å². The average Bonchev–Trinajstić information content (AvgIpc) is 3.09. The molecule has 1 fully saturated rings. The Hall–Kier alpha value is -2.28. The van der Waals surface area contributed by atoms with Crippen molar-refractivity contribution in [3.05, 3.63) is 59.1 Å². The molecule has 0 bridgehead atoms. The molecule has 2 N–H and O–H groups in total. The quantitative estimate of drug-likeness (QED) is 0.720. The molecule has 144 valence electrons. The van der Waals surface area contributed by atoms with E-state index in [4.69, 9.17) is 26.2 Å². The summed E-state index contributed by atoms with van der Waals surface area (Å²) in [7, 11) is 0. The lowest BCUT2D eigenvalue weighted by Gasteiger charge is -2.21. The van der Waals surface area contributed by atoms with Gasteiger partial charge in [-0.3, -0.25) is 4.90 Å². The zero-order valence-corrected chi connectivity index (χ0v) is 15.5. The third-order valence-corrected chi connectivity index (χ3v) is 4.62. The summed E-state index contributed by atoms with van der Waals surface area (Å²) in [5.74, 6) is -0.0170. The second-order valence-corrected chi connectivity index (χ2v) is 6.94. The van der Waals surface area contributed by atoms with Crippen molar-refractivity contribution in [1.29, 1.82) is 0 Å². The van der Waals surface area contributed by atoms with E-state index in [-0.39, 0.29) is 24.0 Å². The number of carboxylic acid groups (broad SMARTS) is 1. The van der Waals surface area contributed by atoms with Gasteiger partial charge in [-0.1, -0.05) is 23.7 Å². The van der Waals surface area contributed by atoms with Gasteiger partial charge in [-0.2, -0.15) is 0 Å². The molecule has 3 rings (SSSR count). The zero-order chi connectivity index (χ0) is 19.2. The molecule has 0 aliphatic carbocycles. The molecule has 0 saturated carbocycles. The van der Waals surface area contributed by atoms with Gasteiger partial charge in [-0.25, -0.2) is 4.79 Å². The van der Waals surface area contributed by atoms with Crippen LogP contribution in [0.25, 0.3) is 0 Å². The number of rotatable bonds is 8. The Morgan fingerprint density at radius 2 is 1.96 bits per heavy atom. The highest BCUT2D eigenvalue weighted by atomic mass is 35.5. The third kappa shape index (κ3) is 5.60. The molecule has 6 nitrogen and oxygen atoms in total. The molecule has 0 spiro atoms. The number of β-amino-alcohol motifs (C(OH)–C–C–N with tert-alkyl or cyclic N) is 1. The van der Waals surface area contributed by atoms with E-state index in [0.717, 1.165) is 18.7 Å². The first-order chi connectivity index (χ1) is 13.0. The summed E-state index contributed by atoms with van der Waals surface area (Å²) in [6, 6.07) is 13.7. The lowest BCUT2D eigenvalue weighted by atomic mass is 10.2. The number of aliphatic hydroxyl groups is 1. The van der Waals surface area contributed by atoms with E-state index in [2.05, 4.69) is 4.90 Å². The SMILES string of the molecule is O=C(O)c1ccccc1OCC(O)CN1CCC(Oc2ccc(Cl)cc2)C1. The molecule has 1 aliphatic heterocycles. The molecule has 27 heavy (non-hydrogen) atoms. The summed E-state index contributed by atoms with van der Waals surface area (Å²) < 4.78 is 11.4. The van der Waals surface area contributed by atoms with Crippen molar-refractivity contribution in [2.45, 2.75) is 18.6 Å². The maximum absolute atomic E-state index is 11.2. The van der Waals surface area contributed by atoms with Gasteiger partial charge in [0.05, 0.1) is 0 Å². The van der Waals surface area contributed by atoms with Gasteiger partial charge in [-0.05, 0) is 42.8 Å². The van der Waals surface area contributed by atoms with Gasteiger partial charge in [-0.15, -0.1) is 0 Å². The number of carboxylic acids is 1. The minimum Gasteiger partial charge on any atom is -0.490 e. The lowest BCUT2D eigenvalue weighted by Crippen LogP contribution is -2.35. The minimum atomic E-state index is -1.05. The smallest absolute Gasteiger partial charge is 0.339 e. The topological polar surface area (TPSA) is 79.2 Å². The van der Waals surface area contributed by atoms with Crippen molar-refractivity contribution in [1.82, 2.24) is 4.90 Å². The van der Waals surface area contributed by atoms with Crippen LogP contribution in [0.2, 0.25) is 5.02 Å².